The highest BCUT2D eigenvalue weighted by molar-refractivity contribution is 5.85. The van der Waals surface area contributed by atoms with Gasteiger partial charge in [-0.25, -0.2) is 4.98 Å². The first-order valence-corrected chi connectivity index (χ1v) is 7.21. The topological polar surface area (TPSA) is 67.0 Å². The summed E-state index contributed by atoms with van der Waals surface area (Å²) in [5.74, 6) is 0.948. The number of aromatic nitrogens is 2. The van der Waals surface area contributed by atoms with E-state index in [4.69, 9.17) is 4.74 Å². The minimum absolute atomic E-state index is 0.0426. The zero-order valence-electron chi connectivity index (χ0n) is 12.6. The average Bonchev–Trinajstić information content (AvgIpc) is 2.83. The fourth-order valence-corrected chi connectivity index (χ4v) is 3.60. The van der Waals surface area contributed by atoms with Crippen molar-refractivity contribution < 1.29 is 9.53 Å². The molecule has 20 heavy (non-hydrogen) atoms. The SMILES string of the molecule is CC1(C)C(C(=O)NC2(c3ncc[nH]3)CCOC2)C1(C)C. The third-order valence-corrected chi connectivity index (χ3v) is 5.62. The van der Waals surface area contributed by atoms with Gasteiger partial charge in [-0.1, -0.05) is 27.7 Å². The van der Waals surface area contributed by atoms with Gasteiger partial charge in [-0.15, -0.1) is 0 Å². The Labute approximate surface area is 119 Å². The van der Waals surface area contributed by atoms with Crippen LogP contribution in [0.25, 0.3) is 0 Å². The molecule has 5 heteroatoms. The second kappa shape index (κ2) is 4.07. The zero-order valence-corrected chi connectivity index (χ0v) is 12.6. The number of nitrogens with one attached hydrogen (secondary N) is 2. The molecule has 2 heterocycles. The first kappa shape index (κ1) is 13.6. The molecule has 1 aromatic heterocycles. The Morgan fingerprint density at radius 1 is 1.40 bits per heavy atom. The van der Waals surface area contributed by atoms with Gasteiger partial charge in [0.15, 0.2) is 0 Å². The fourth-order valence-electron chi connectivity index (χ4n) is 3.60. The Morgan fingerprint density at radius 2 is 2.10 bits per heavy atom. The van der Waals surface area contributed by atoms with Crippen molar-refractivity contribution in [3.63, 3.8) is 0 Å². The van der Waals surface area contributed by atoms with Crippen LogP contribution in [0.2, 0.25) is 0 Å². The molecule has 0 aromatic carbocycles. The average molecular weight is 277 g/mol. The van der Waals surface area contributed by atoms with Crippen LogP contribution in [0.1, 0.15) is 39.9 Å². The summed E-state index contributed by atoms with van der Waals surface area (Å²) in [6.45, 7) is 9.76. The van der Waals surface area contributed by atoms with Crippen LogP contribution < -0.4 is 5.32 Å². The molecule has 1 aromatic rings. The molecule has 1 atom stereocenters. The van der Waals surface area contributed by atoms with Crippen LogP contribution in [0.15, 0.2) is 12.4 Å². The molecule has 0 spiro atoms. The van der Waals surface area contributed by atoms with E-state index in [1.54, 1.807) is 12.4 Å². The Balaban J connectivity index is 1.81. The molecule has 0 bridgehead atoms. The highest BCUT2D eigenvalue weighted by Gasteiger charge is 2.68. The predicted molar refractivity (Wildman–Crippen MR) is 74.9 cm³/mol. The summed E-state index contributed by atoms with van der Waals surface area (Å²) in [7, 11) is 0. The number of nitrogens with zero attached hydrogens (tertiary/aromatic N) is 1. The maximum atomic E-state index is 12.7. The van der Waals surface area contributed by atoms with Crippen molar-refractivity contribution in [1.29, 1.82) is 0 Å². The second-order valence-electron chi connectivity index (χ2n) is 7.19. The van der Waals surface area contributed by atoms with E-state index in [2.05, 4.69) is 43.0 Å². The lowest BCUT2D eigenvalue weighted by Crippen LogP contribution is -2.48. The molecular weight excluding hydrogens is 254 g/mol. The third-order valence-electron chi connectivity index (χ3n) is 5.62. The van der Waals surface area contributed by atoms with Gasteiger partial charge in [-0.2, -0.15) is 0 Å². The van der Waals surface area contributed by atoms with Crippen molar-refractivity contribution >= 4 is 5.91 Å². The molecule has 1 amide bonds. The standard InChI is InChI=1S/C15H23N3O2/c1-13(2)10(14(13,3)4)11(19)18-15(5-8-20-9-15)12-16-6-7-17-12/h6-7,10H,5,8-9H2,1-4H3,(H,16,17)(H,18,19). The highest BCUT2D eigenvalue weighted by Crippen LogP contribution is 2.68. The number of hydrogen-bond acceptors (Lipinski definition) is 3. The minimum atomic E-state index is -0.491. The number of carbonyl (C=O) groups is 1. The molecule has 5 nitrogen and oxygen atoms in total. The van der Waals surface area contributed by atoms with Crippen molar-refractivity contribution in [3.05, 3.63) is 18.2 Å². The lowest BCUT2D eigenvalue weighted by atomic mass is 9.96. The van der Waals surface area contributed by atoms with E-state index >= 15 is 0 Å². The normalized spacial score (nSPS) is 31.2. The fraction of sp³-hybridized carbons (Fsp3) is 0.733. The maximum absolute atomic E-state index is 12.7. The van der Waals surface area contributed by atoms with Crippen molar-refractivity contribution in [2.75, 3.05) is 13.2 Å². The monoisotopic (exact) mass is 277 g/mol. The second-order valence-corrected chi connectivity index (χ2v) is 7.19. The smallest absolute Gasteiger partial charge is 0.225 e. The van der Waals surface area contributed by atoms with Crippen LogP contribution in [0.4, 0.5) is 0 Å². The molecule has 1 aliphatic heterocycles. The van der Waals surface area contributed by atoms with Crippen LogP contribution in [0.5, 0.6) is 0 Å². The third kappa shape index (κ3) is 1.72. The largest absolute Gasteiger partial charge is 0.378 e. The van der Waals surface area contributed by atoms with Gasteiger partial charge in [0.05, 0.1) is 6.61 Å². The van der Waals surface area contributed by atoms with E-state index in [-0.39, 0.29) is 22.7 Å². The number of carbonyl (C=O) groups excluding carboxylic acids is 1. The van der Waals surface area contributed by atoms with Gasteiger partial charge >= 0.3 is 0 Å². The number of hydrogen-bond donors (Lipinski definition) is 2. The van der Waals surface area contributed by atoms with Crippen LogP contribution >= 0.6 is 0 Å². The van der Waals surface area contributed by atoms with Gasteiger partial charge in [0.25, 0.3) is 0 Å². The summed E-state index contributed by atoms with van der Waals surface area (Å²) < 4.78 is 5.51. The number of amides is 1. The molecule has 110 valence electrons. The summed E-state index contributed by atoms with van der Waals surface area (Å²) in [5.41, 5.74) is -0.406. The molecule has 1 saturated carbocycles. The first-order valence-electron chi connectivity index (χ1n) is 7.21. The maximum Gasteiger partial charge on any atom is 0.225 e. The summed E-state index contributed by atoms with van der Waals surface area (Å²) in [6, 6.07) is 0. The van der Waals surface area contributed by atoms with Crippen molar-refractivity contribution in [2.45, 2.75) is 39.7 Å². The molecule has 2 fully saturated rings. The van der Waals surface area contributed by atoms with Crippen molar-refractivity contribution in [2.24, 2.45) is 16.7 Å². The van der Waals surface area contributed by atoms with E-state index < -0.39 is 5.54 Å². The first-order chi connectivity index (χ1) is 9.31. The van der Waals surface area contributed by atoms with E-state index in [0.29, 0.717) is 13.2 Å². The van der Waals surface area contributed by atoms with Crippen LogP contribution in [0, 0.1) is 16.7 Å². The summed E-state index contributed by atoms with van der Waals surface area (Å²) in [4.78, 5) is 20.1. The molecule has 0 radical (unpaired) electrons. The summed E-state index contributed by atoms with van der Waals surface area (Å²) >= 11 is 0. The molecule has 2 aliphatic rings. The molecule has 1 aliphatic carbocycles. The molecule has 3 rings (SSSR count). The van der Waals surface area contributed by atoms with Gasteiger partial charge in [-0.05, 0) is 10.8 Å². The van der Waals surface area contributed by atoms with Gasteiger partial charge < -0.3 is 15.0 Å². The van der Waals surface area contributed by atoms with Crippen LogP contribution in [0.3, 0.4) is 0 Å². The van der Waals surface area contributed by atoms with Gasteiger partial charge in [0.2, 0.25) is 5.91 Å². The van der Waals surface area contributed by atoms with E-state index in [0.717, 1.165) is 12.2 Å². The Kier molecular flexibility index (Phi) is 2.77. The van der Waals surface area contributed by atoms with Gasteiger partial charge in [0, 0.05) is 31.3 Å². The van der Waals surface area contributed by atoms with E-state index in [1.165, 1.54) is 0 Å². The summed E-state index contributed by atoms with van der Waals surface area (Å²) in [6.07, 6.45) is 4.26. The molecule has 1 unspecified atom stereocenters. The molecule has 2 N–H and O–H groups in total. The summed E-state index contributed by atoms with van der Waals surface area (Å²) in [5, 5.41) is 3.21. The van der Waals surface area contributed by atoms with Crippen LogP contribution in [-0.2, 0) is 15.1 Å². The Bertz CT molecular complexity index is 499. The zero-order chi connectivity index (χ0) is 14.6. The quantitative estimate of drug-likeness (QED) is 0.885. The highest BCUT2D eigenvalue weighted by atomic mass is 16.5. The van der Waals surface area contributed by atoms with Gasteiger partial charge in [-0.3, -0.25) is 4.79 Å². The van der Waals surface area contributed by atoms with E-state index in [9.17, 15) is 4.79 Å². The number of H-pyrrole nitrogens is 1. The number of imidazole rings is 1. The van der Waals surface area contributed by atoms with Crippen molar-refractivity contribution in [1.82, 2.24) is 15.3 Å². The molecular formula is C15H23N3O2. The lowest BCUT2D eigenvalue weighted by Gasteiger charge is -2.27. The van der Waals surface area contributed by atoms with Gasteiger partial charge in [0.1, 0.15) is 11.4 Å². The lowest BCUT2D eigenvalue weighted by molar-refractivity contribution is -0.125. The van der Waals surface area contributed by atoms with Crippen molar-refractivity contribution in [3.8, 4) is 0 Å². The number of aromatic amines is 1. The number of ether oxygens (including phenoxy) is 1. The molecule has 1 saturated heterocycles. The van der Waals surface area contributed by atoms with Crippen LogP contribution in [-0.4, -0.2) is 29.1 Å². The number of rotatable bonds is 3. The predicted octanol–water partition coefficient (Wildman–Crippen LogP) is 1.82. The van der Waals surface area contributed by atoms with E-state index in [1.807, 2.05) is 0 Å². The Morgan fingerprint density at radius 3 is 2.55 bits per heavy atom. The minimum Gasteiger partial charge on any atom is -0.378 e. The Hall–Kier alpha value is -1.36.